The fraction of sp³-hybridized carbons (Fsp3) is 0.583. The molecule has 0 saturated carbocycles. The number of hydrogen-bond acceptors (Lipinski definition) is 4. The molecule has 1 aromatic heterocycles. The van der Waals surface area contributed by atoms with Gasteiger partial charge in [-0.05, 0) is 49.6 Å². The molecule has 0 fully saturated rings. The van der Waals surface area contributed by atoms with Crippen molar-refractivity contribution in [2.75, 3.05) is 0 Å². The van der Waals surface area contributed by atoms with E-state index < -0.39 is 11.7 Å². The molecule has 0 saturated heterocycles. The van der Waals surface area contributed by atoms with Crippen LogP contribution in [0.15, 0.2) is 16.8 Å². The van der Waals surface area contributed by atoms with Crippen molar-refractivity contribution < 1.29 is 14.6 Å². The van der Waals surface area contributed by atoms with E-state index in [9.17, 15) is 9.90 Å². The van der Waals surface area contributed by atoms with E-state index in [-0.39, 0.29) is 12.4 Å². The molecule has 0 spiro atoms. The van der Waals surface area contributed by atoms with E-state index in [0.29, 0.717) is 6.42 Å². The van der Waals surface area contributed by atoms with Crippen LogP contribution < -0.4 is 0 Å². The van der Waals surface area contributed by atoms with Crippen LogP contribution in [0, 0.1) is 0 Å². The van der Waals surface area contributed by atoms with Crippen LogP contribution in [-0.4, -0.2) is 16.7 Å². The lowest BCUT2D eigenvalue weighted by molar-refractivity contribution is -0.155. The first-order chi connectivity index (χ1) is 7.38. The van der Waals surface area contributed by atoms with Crippen LogP contribution in [0.2, 0.25) is 0 Å². The second-order valence-electron chi connectivity index (χ2n) is 4.70. The Morgan fingerprint density at radius 1 is 1.56 bits per heavy atom. The van der Waals surface area contributed by atoms with Gasteiger partial charge in [-0.3, -0.25) is 4.79 Å². The summed E-state index contributed by atoms with van der Waals surface area (Å²) in [5, 5.41) is 13.6. The molecule has 1 aromatic rings. The van der Waals surface area contributed by atoms with Crippen LogP contribution in [0.3, 0.4) is 0 Å². The van der Waals surface area contributed by atoms with Gasteiger partial charge >= 0.3 is 5.97 Å². The number of thiophene rings is 1. The number of ether oxygens (including phenoxy) is 1. The third-order valence-electron chi connectivity index (χ3n) is 1.97. The predicted octanol–water partition coefficient (Wildman–Crippen LogP) is 2.90. The summed E-state index contributed by atoms with van der Waals surface area (Å²) >= 11 is 1.54. The van der Waals surface area contributed by atoms with E-state index in [1.165, 1.54) is 11.3 Å². The standard InChI is InChI=1S/C12H18O3S/c1-12(2,3)15-11(14)5-4-10(13)9-6-7-16-8-9/h6-8,10,13H,4-5H2,1-3H3. The Hall–Kier alpha value is -0.870. The maximum absolute atomic E-state index is 11.4. The fourth-order valence-corrected chi connectivity index (χ4v) is 1.99. The summed E-state index contributed by atoms with van der Waals surface area (Å²) in [4.78, 5) is 11.4. The number of esters is 1. The van der Waals surface area contributed by atoms with Gasteiger partial charge in [0, 0.05) is 6.42 Å². The minimum Gasteiger partial charge on any atom is -0.460 e. The molecular weight excluding hydrogens is 224 g/mol. The Balaban J connectivity index is 2.32. The number of carbonyl (C=O) groups excluding carboxylic acids is 1. The van der Waals surface area contributed by atoms with Crippen molar-refractivity contribution in [3.8, 4) is 0 Å². The number of aliphatic hydroxyl groups is 1. The summed E-state index contributed by atoms with van der Waals surface area (Å²) in [6.07, 6.45) is 0.0821. The highest BCUT2D eigenvalue weighted by molar-refractivity contribution is 7.07. The van der Waals surface area contributed by atoms with Gasteiger partial charge in [0.15, 0.2) is 0 Å². The van der Waals surface area contributed by atoms with Crippen LogP contribution in [0.1, 0.15) is 45.3 Å². The average Bonchev–Trinajstić information content (AvgIpc) is 2.64. The largest absolute Gasteiger partial charge is 0.460 e. The quantitative estimate of drug-likeness (QED) is 0.826. The number of hydrogen-bond donors (Lipinski definition) is 1. The molecule has 1 unspecified atom stereocenters. The highest BCUT2D eigenvalue weighted by atomic mass is 32.1. The monoisotopic (exact) mass is 242 g/mol. The van der Waals surface area contributed by atoms with Crippen molar-refractivity contribution >= 4 is 17.3 Å². The number of aliphatic hydroxyl groups excluding tert-OH is 1. The summed E-state index contributed by atoms with van der Waals surface area (Å²) in [5.74, 6) is -0.262. The van der Waals surface area contributed by atoms with Gasteiger partial charge in [-0.25, -0.2) is 0 Å². The van der Waals surface area contributed by atoms with Crippen molar-refractivity contribution in [1.82, 2.24) is 0 Å². The minimum absolute atomic E-state index is 0.244. The molecule has 0 radical (unpaired) electrons. The molecule has 0 amide bonds. The first-order valence-electron chi connectivity index (χ1n) is 5.30. The smallest absolute Gasteiger partial charge is 0.306 e. The molecule has 0 aliphatic rings. The molecule has 1 heterocycles. The van der Waals surface area contributed by atoms with Gasteiger partial charge in [-0.15, -0.1) is 0 Å². The van der Waals surface area contributed by atoms with E-state index in [2.05, 4.69) is 0 Å². The van der Waals surface area contributed by atoms with Crippen LogP contribution in [0.4, 0.5) is 0 Å². The highest BCUT2D eigenvalue weighted by Crippen LogP contribution is 2.21. The van der Waals surface area contributed by atoms with E-state index in [1.54, 1.807) is 0 Å². The lowest BCUT2D eigenvalue weighted by atomic mass is 10.1. The lowest BCUT2D eigenvalue weighted by Gasteiger charge is -2.19. The molecule has 0 aliphatic carbocycles. The van der Waals surface area contributed by atoms with Crippen LogP contribution >= 0.6 is 11.3 Å². The Kier molecular flexibility index (Phi) is 4.50. The third-order valence-corrected chi connectivity index (χ3v) is 2.67. The topological polar surface area (TPSA) is 46.5 Å². The fourth-order valence-electron chi connectivity index (χ4n) is 1.28. The predicted molar refractivity (Wildman–Crippen MR) is 64.4 cm³/mol. The second kappa shape index (κ2) is 5.46. The summed E-state index contributed by atoms with van der Waals surface area (Å²) in [6.45, 7) is 5.50. The summed E-state index contributed by atoms with van der Waals surface area (Å²) in [6, 6.07) is 1.87. The normalized spacial score (nSPS) is 13.5. The molecule has 1 atom stereocenters. The van der Waals surface area contributed by atoms with Crippen LogP contribution in [0.5, 0.6) is 0 Å². The van der Waals surface area contributed by atoms with Crippen molar-refractivity contribution in [2.24, 2.45) is 0 Å². The van der Waals surface area contributed by atoms with E-state index in [1.807, 2.05) is 37.6 Å². The zero-order chi connectivity index (χ0) is 12.2. The van der Waals surface area contributed by atoms with Gasteiger partial charge < -0.3 is 9.84 Å². The number of carbonyl (C=O) groups is 1. The van der Waals surface area contributed by atoms with Gasteiger partial charge in [0.05, 0.1) is 6.10 Å². The van der Waals surface area contributed by atoms with E-state index in [4.69, 9.17) is 4.74 Å². The molecule has 1 rings (SSSR count). The molecular formula is C12H18O3S. The maximum Gasteiger partial charge on any atom is 0.306 e. The summed E-state index contributed by atoms with van der Waals surface area (Å²) in [7, 11) is 0. The third kappa shape index (κ3) is 4.77. The molecule has 3 nitrogen and oxygen atoms in total. The zero-order valence-electron chi connectivity index (χ0n) is 9.90. The first-order valence-corrected chi connectivity index (χ1v) is 6.25. The Morgan fingerprint density at radius 3 is 2.75 bits per heavy atom. The molecule has 16 heavy (non-hydrogen) atoms. The van der Waals surface area contributed by atoms with Gasteiger partial charge in [0.1, 0.15) is 5.60 Å². The van der Waals surface area contributed by atoms with Crippen LogP contribution in [-0.2, 0) is 9.53 Å². The van der Waals surface area contributed by atoms with Crippen molar-refractivity contribution in [1.29, 1.82) is 0 Å². The van der Waals surface area contributed by atoms with Crippen LogP contribution in [0.25, 0.3) is 0 Å². The van der Waals surface area contributed by atoms with E-state index >= 15 is 0 Å². The zero-order valence-corrected chi connectivity index (χ0v) is 10.7. The highest BCUT2D eigenvalue weighted by Gasteiger charge is 2.17. The average molecular weight is 242 g/mol. The SMILES string of the molecule is CC(C)(C)OC(=O)CCC(O)c1ccsc1. The summed E-state index contributed by atoms with van der Waals surface area (Å²) < 4.78 is 5.16. The van der Waals surface area contributed by atoms with Gasteiger partial charge in [-0.1, -0.05) is 0 Å². The summed E-state index contributed by atoms with van der Waals surface area (Å²) in [5.41, 5.74) is 0.415. The first kappa shape index (κ1) is 13.2. The molecule has 0 aliphatic heterocycles. The lowest BCUT2D eigenvalue weighted by Crippen LogP contribution is -2.24. The minimum atomic E-state index is -0.571. The molecule has 90 valence electrons. The Morgan fingerprint density at radius 2 is 2.25 bits per heavy atom. The maximum atomic E-state index is 11.4. The van der Waals surface area contributed by atoms with Gasteiger partial charge in [0.25, 0.3) is 0 Å². The molecule has 4 heteroatoms. The van der Waals surface area contributed by atoms with Gasteiger partial charge in [0.2, 0.25) is 0 Å². The Labute approximate surface area is 100 Å². The second-order valence-corrected chi connectivity index (χ2v) is 5.48. The van der Waals surface area contributed by atoms with E-state index in [0.717, 1.165) is 5.56 Å². The Bertz CT molecular complexity index is 325. The van der Waals surface area contributed by atoms with Crippen molar-refractivity contribution in [2.45, 2.75) is 45.3 Å². The van der Waals surface area contributed by atoms with Crippen molar-refractivity contribution in [3.05, 3.63) is 22.4 Å². The molecule has 0 aromatic carbocycles. The number of rotatable bonds is 4. The molecule has 1 N–H and O–H groups in total. The molecule has 0 bridgehead atoms. The van der Waals surface area contributed by atoms with Crippen molar-refractivity contribution in [3.63, 3.8) is 0 Å². The van der Waals surface area contributed by atoms with Gasteiger partial charge in [-0.2, -0.15) is 11.3 Å².